The van der Waals surface area contributed by atoms with Gasteiger partial charge in [-0.3, -0.25) is 0 Å². The van der Waals surface area contributed by atoms with Crippen LogP contribution in [0.25, 0.3) is 0 Å². The smallest absolute Gasteiger partial charge is 0.0962 e. The van der Waals surface area contributed by atoms with E-state index >= 15 is 0 Å². The van der Waals surface area contributed by atoms with Gasteiger partial charge in [0.25, 0.3) is 0 Å². The van der Waals surface area contributed by atoms with Crippen molar-refractivity contribution in [2.75, 3.05) is 7.05 Å². The van der Waals surface area contributed by atoms with E-state index in [1.807, 2.05) is 18.4 Å². The standard InChI is InChI=1S/C16H26N2S/c1-3-11-4-6-13(7-5-11)16-18-15(12-8-9-12)14(19-16)10-17-2/h11-13,17H,3-10H2,1-2H3. The lowest BCUT2D eigenvalue weighted by molar-refractivity contribution is 0.318. The van der Waals surface area contributed by atoms with Gasteiger partial charge in [-0.05, 0) is 51.5 Å². The van der Waals surface area contributed by atoms with Crippen molar-refractivity contribution in [1.82, 2.24) is 10.3 Å². The Morgan fingerprint density at radius 2 is 1.79 bits per heavy atom. The fourth-order valence-electron chi connectivity index (χ4n) is 3.34. The summed E-state index contributed by atoms with van der Waals surface area (Å²) in [5.74, 6) is 2.53. The summed E-state index contributed by atoms with van der Waals surface area (Å²) in [7, 11) is 2.04. The van der Waals surface area contributed by atoms with Crippen LogP contribution in [0.3, 0.4) is 0 Å². The molecule has 0 bridgehead atoms. The highest BCUT2D eigenvalue weighted by molar-refractivity contribution is 7.11. The maximum absolute atomic E-state index is 5.04. The number of nitrogens with one attached hydrogen (secondary N) is 1. The number of thiazole rings is 1. The van der Waals surface area contributed by atoms with E-state index in [1.54, 1.807) is 0 Å². The summed E-state index contributed by atoms with van der Waals surface area (Å²) in [4.78, 5) is 6.56. The highest BCUT2D eigenvalue weighted by Crippen LogP contribution is 2.45. The zero-order chi connectivity index (χ0) is 13.2. The van der Waals surface area contributed by atoms with Gasteiger partial charge in [0.2, 0.25) is 0 Å². The molecule has 2 aliphatic carbocycles. The summed E-state index contributed by atoms with van der Waals surface area (Å²) in [5, 5.41) is 4.76. The SMILES string of the molecule is CCC1CCC(c2nc(C3CC3)c(CNC)s2)CC1. The van der Waals surface area contributed by atoms with E-state index in [2.05, 4.69) is 12.2 Å². The Morgan fingerprint density at radius 3 is 2.37 bits per heavy atom. The predicted octanol–water partition coefficient (Wildman–Crippen LogP) is 4.42. The molecule has 1 N–H and O–H groups in total. The normalized spacial score (nSPS) is 27.7. The van der Waals surface area contributed by atoms with E-state index < -0.39 is 0 Å². The maximum atomic E-state index is 5.04. The highest BCUT2D eigenvalue weighted by Gasteiger charge is 2.31. The minimum absolute atomic E-state index is 0.760. The van der Waals surface area contributed by atoms with E-state index in [4.69, 9.17) is 4.98 Å². The Kier molecular flexibility index (Phi) is 4.23. The lowest BCUT2D eigenvalue weighted by Gasteiger charge is -2.26. The topological polar surface area (TPSA) is 24.9 Å². The number of rotatable bonds is 5. The van der Waals surface area contributed by atoms with Gasteiger partial charge in [0.15, 0.2) is 0 Å². The molecule has 2 saturated carbocycles. The monoisotopic (exact) mass is 278 g/mol. The summed E-state index contributed by atoms with van der Waals surface area (Å²) >= 11 is 1.99. The number of nitrogens with zero attached hydrogens (tertiary/aromatic N) is 1. The molecule has 3 heteroatoms. The molecule has 0 unspecified atom stereocenters. The summed E-state index contributed by atoms with van der Waals surface area (Å²) in [6, 6.07) is 0. The van der Waals surface area contributed by atoms with Crippen molar-refractivity contribution in [3.05, 3.63) is 15.6 Å². The molecule has 1 heterocycles. The Balaban J connectivity index is 1.72. The summed E-state index contributed by atoms with van der Waals surface area (Å²) in [5.41, 5.74) is 1.44. The van der Waals surface area contributed by atoms with Crippen LogP contribution in [0.5, 0.6) is 0 Å². The minimum Gasteiger partial charge on any atom is -0.315 e. The quantitative estimate of drug-likeness (QED) is 0.862. The summed E-state index contributed by atoms with van der Waals surface area (Å²) < 4.78 is 0. The van der Waals surface area contributed by atoms with Crippen molar-refractivity contribution < 1.29 is 0 Å². The van der Waals surface area contributed by atoms with E-state index in [9.17, 15) is 0 Å². The second-order valence-corrected chi connectivity index (χ2v) is 7.41. The Hall–Kier alpha value is -0.410. The van der Waals surface area contributed by atoms with Gasteiger partial charge in [0.1, 0.15) is 0 Å². The molecule has 0 atom stereocenters. The number of hydrogen-bond acceptors (Lipinski definition) is 3. The second kappa shape index (κ2) is 5.92. The van der Waals surface area contributed by atoms with Gasteiger partial charge in [0.05, 0.1) is 10.7 Å². The average Bonchev–Trinajstić information content (AvgIpc) is 3.21. The molecule has 1 aromatic rings. The van der Waals surface area contributed by atoms with Crippen LogP contribution in [0.4, 0.5) is 0 Å². The van der Waals surface area contributed by atoms with Gasteiger partial charge in [-0.2, -0.15) is 0 Å². The first-order valence-corrected chi connectivity index (χ1v) is 8.77. The van der Waals surface area contributed by atoms with Crippen molar-refractivity contribution in [2.45, 2.75) is 70.3 Å². The lowest BCUT2D eigenvalue weighted by Crippen LogP contribution is -2.12. The van der Waals surface area contributed by atoms with E-state index in [0.717, 1.165) is 24.3 Å². The third kappa shape index (κ3) is 3.03. The Bertz CT molecular complexity index is 414. The van der Waals surface area contributed by atoms with Gasteiger partial charge in [0, 0.05) is 23.3 Å². The first-order valence-electron chi connectivity index (χ1n) is 7.95. The van der Waals surface area contributed by atoms with Crippen LogP contribution in [0.1, 0.15) is 79.3 Å². The summed E-state index contributed by atoms with van der Waals surface area (Å²) in [6.45, 7) is 3.35. The molecule has 3 rings (SSSR count). The molecular weight excluding hydrogens is 252 g/mol. The molecule has 0 saturated heterocycles. The average molecular weight is 278 g/mol. The van der Waals surface area contributed by atoms with Crippen LogP contribution >= 0.6 is 11.3 Å². The first-order chi connectivity index (χ1) is 9.31. The van der Waals surface area contributed by atoms with E-state index in [-0.39, 0.29) is 0 Å². The fraction of sp³-hybridized carbons (Fsp3) is 0.812. The predicted molar refractivity (Wildman–Crippen MR) is 81.8 cm³/mol. The zero-order valence-corrected chi connectivity index (χ0v) is 13.1. The van der Waals surface area contributed by atoms with Crippen molar-refractivity contribution in [1.29, 1.82) is 0 Å². The van der Waals surface area contributed by atoms with Gasteiger partial charge in [-0.1, -0.05) is 13.3 Å². The van der Waals surface area contributed by atoms with Crippen LogP contribution < -0.4 is 5.32 Å². The van der Waals surface area contributed by atoms with Crippen molar-refractivity contribution in [3.63, 3.8) is 0 Å². The van der Waals surface area contributed by atoms with Crippen LogP contribution in [-0.4, -0.2) is 12.0 Å². The van der Waals surface area contributed by atoms with Crippen LogP contribution in [0.2, 0.25) is 0 Å². The minimum atomic E-state index is 0.760. The van der Waals surface area contributed by atoms with Gasteiger partial charge < -0.3 is 5.32 Å². The molecule has 0 amide bonds. The highest BCUT2D eigenvalue weighted by atomic mass is 32.1. The van der Waals surface area contributed by atoms with Crippen molar-refractivity contribution >= 4 is 11.3 Å². The molecule has 0 aromatic carbocycles. The van der Waals surface area contributed by atoms with Crippen LogP contribution in [-0.2, 0) is 6.54 Å². The van der Waals surface area contributed by atoms with Gasteiger partial charge in [-0.15, -0.1) is 11.3 Å². The number of aromatic nitrogens is 1. The van der Waals surface area contributed by atoms with Gasteiger partial charge >= 0.3 is 0 Å². The third-order valence-corrected chi connectivity index (χ3v) is 6.05. The molecule has 19 heavy (non-hydrogen) atoms. The first kappa shape index (κ1) is 13.6. The van der Waals surface area contributed by atoms with Gasteiger partial charge in [-0.25, -0.2) is 4.98 Å². The van der Waals surface area contributed by atoms with Crippen molar-refractivity contribution in [3.8, 4) is 0 Å². The Morgan fingerprint density at radius 1 is 1.11 bits per heavy atom. The maximum Gasteiger partial charge on any atom is 0.0962 e. The molecular formula is C16H26N2S. The molecule has 0 aliphatic heterocycles. The molecule has 1 aromatic heterocycles. The molecule has 0 radical (unpaired) electrons. The largest absolute Gasteiger partial charge is 0.315 e. The molecule has 106 valence electrons. The molecule has 0 spiro atoms. The van der Waals surface area contributed by atoms with Crippen molar-refractivity contribution in [2.24, 2.45) is 5.92 Å². The van der Waals surface area contributed by atoms with Crippen LogP contribution in [0.15, 0.2) is 0 Å². The number of hydrogen-bond donors (Lipinski definition) is 1. The third-order valence-electron chi connectivity index (χ3n) is 4.82. The molecule has 2 nitrogen and oxygen atoms in total. The summed E-state index contributed by atoms with van der Waals surface area (Å²) in [6.07, 6.45) is 9.67. The molecule has 2 aliphatic rings. The van der Waals surface area contributed by atoms with Crippen LogP contribution in [0, 0.1) is 5.92 Å². The zero-order valence-electron chi connectivity index (χ0n) is 12.2. The van der Waals surface area contributed by atoms with E-state index in [0.29, 0.717) is 0 Å². The molecule has 2 fully saturated rings. The van der Waals surface area contributed by atoms with E-state index in [1.165, 1.54) is 60.5 Å². The lowest BCUT2D eigenvalue weighted by atomic mass is 9.81. The Labute approximate surface area is 121 Å². The second-order valence-electron chi connectivity index (χ2n) is 6.29. The fourth-order valence-corrected chi connectivity index (χ4v) is 4.67.